The number of carbonyl (C=O) groups excluding carboxylic acids is 2. The Hall–Kier alpha value is -1.16. The van der Waals surface area contributed by atoms with Gasteiger partial charge in [0.25, 0.3) is 5.91 Å². The van der Waals surface area contributed by atoms with Crippen molar-refractivity contribution in [2.75, 3.05) is 6.54 Å². The van der Waals surface area contributed by atoms with E-state index < -0.39 is 5.91 Å². The van der Waals surface area contributed by atoms with Crippen molar-refractivity contribution in [3.63, 3.8) is 0 Å². The Kier molecular flexibility index (Phi) is 2.60. The zero-order chi connectivity index (χ0) is 9.14. The fourth-order valence-electron chi connectivity index (χ4n) is 1.24. The monoisotopic (exact) mass is 168 g/mol. The summed E-state index contributed by atoms with van der Waals surface area (Å²) in [6, 6.07) is -0.245. The van der Waals surface area contributed by atoms with E-state index in [1.54, 1.807) is 0 Å². The van der Waals surface area contributed by atoms with Crippen LogP contribution in [0.25, 0.3) is 0 Å². The van der Waals surface area contributed by atoms with Gasteiger partial charge in [0.1, 0.15) is 0 Å². The Balaban J connectivity index is 2.57. The smallest absolute Gasteiger partial charge is 0.251 e. The van der Waals surface area contributed by atoms with Crippen LogP contribution in [-0.4, -0.2) is 24.3 Å². The van der Waals surface area contributed by atoms with Gasteiger partial charge in [-0.3, -0.25) is 9.59 Å². The minimum atomic E-state index is -0.728. The average molecular weight is 168 g/mol. The second kappa shape index (κ2) is 3.49. The lowest BCUT2D eigenvalue weighted by Crippen LogP contribution is -2.35. The van der Waals surface area contributed by atoms with Gasteiger partial charge >= 0.3 is 0 Å². The van der Waals surface area contributed by atoms with E-state index in [9.17, 15) is 9.59 Å². The van der Waals surface area contributed by atoms with E-state index in [1.807, 2.05) is 0 Å². The molecule has 0 aliphatic carbocycles. The number of amides is 1. The topological polar surface area (TPSA) is 72.2 Å². The van der Waals surface area contributed by atoms with Crippen molar-refractivity contribution in [3.05, 3.63) is 12.2 Å². The molecule has 0 aromatic rings. The molecule has 1 saturated heterocycles. The summed E-state index contributed by atoms with van der Waals surface area (Å²) >= 11 is 0. The Labute approximate surface area is 70.8 Å². The zero-order valence-corrected chi connectivity index (χ0v) is 6.80. The van der Waals surface area contributed by atoms with Crippen molar-refractivity contribution in [3.8, 4) is 0 Å². The number of Topliss-reactive ketones (excluding diaryl/α,β-unsaturated/α-hetero) is 1. The van der Waals surface area contributed by atoms with Gasteiger partial charge in [-0.25, -0.2) is 0 Å². The summed E-state index contributed by atoms with van der Waals surface area (Å²) in [5, 5.41) is 2.97. The van der Waals surface area contributed by atoms with Crippen LogP contribution >= 0.6 is 0 Å². The molecule has 1 aliphatic rings. The normalized spacial score (nSPS) is 22.2. The van der Waals surface area contributed by atoms with Crippen molar-refractivity contribution in [1.29, 1.82) is 0 Å². The van der Waals surface area contributed by atoms with Crippen LogP contribution in [-0.2, 0) is 9.59 Å². The molecule has 0 spiro atoms. The second-order valence-corrected chi connectivity index (χ2v) is 2.86. The summed E-state index contributed by atoms with van der Waals surface area (Å²) in [6.07, 6.45) is 1.73. The number of nitrogens with two attached hydrogens (primary N) is 1. The Bertz CT molecular complexity index is 229. The third kappa shape index (κ3) is 1.71. The Morgan fingerprint density at radius 3 is 2.58 bits per heavy atom. The van der Waals surface area contributed by atoms with Gasteiger partial charge in [0.05, 0.1) is 11.6 Å². The first-order chi connectivity index (χ1) is 5.63. The SMILES string of the molecule is C=C(C(N)=O)C(=O)[C@@H]1CCCN1. The van der Waals surface area contributed by atoms with Crippen LogP contribution in [0.4, 0.5) is 0 Å². The number of rotatable bonds is 3. The molecule has 0 bridgehead atoms. The predicted octanol–water partition coefficient (Wildman–Crippen LogP) is -0.651. The summed E-state index contributed by atoms with van der Waals surface area (Å²) < 4.78 is 0. The molecule has 12 heavy (non-hydrogen) atoms. The Morgan fingerprint density at radius 2 is 2.17 bits per heavy atom. The summed E-state index contributed by atoms with van der Waals surface area (Å²) in [6.45, 7) is 4.16. The quantitative estimate of drug-likeness (QED) is 0.334. The number of nitrogens with one attached hydrogen (secondary N) is 1. The van der Waals surface area contributed by atoms with Crippen LogP contribution < -0.4 is 11.1 Å². The number of hydrogen-bond donors (Lipinski definition) is 2. The van der Waals surface area contributed by atoms with Gasteiger partial charge in [-0.05, 0) is 19.4 Å². The van der Waals surface area contributed by atoms with Crippen molar-refractivity contribution >= 4 is 11.7 Å². The molecule has 1 rings (SSSR count). The van der Waals surface area contributed by atoms with E-state index in [2.05, 4.69) is 11.9 Å². The van der Waals surface area contributed by atoms with E-state index >= 15 is 0 Å². The van der Waals surface area contributed by atoms with Crippen molar-refractivity contribution in [1.82, 2.24) is 5.32 Å². The molecule has 1 atom stereocenters. The number of hydrogen-bond acceptors (Lipinski definition) is 3. The average Bonchev–Trinajstić information content (AvgIpc) is 2.53. The molecule has 1 heterocycles. The molecule has 0 radical (unpaired) electrons. The lowest BCUT2D eigenvalue weighted by Gasteiger charge is -2.07. The number of primary amides is 1. The van der Waals surface area contributed by atoms with Gasteiger partial charge in [-0.15, -0.1) is 0 Å². The third-order valence-electron chi connectivity index (χ3n) is 1.97. The van der Waals surface area contributed by atoms with Gasteiger partial charge < -0.3 is 11.1 Å². The highest BCUT2D eigenvalue weighted by Crippen LogP contribution is 2.09. The summed E-state index contributed by atoms with van der Waals surface area (Å²) in [5.41, 5.74) is 4.82. The highest BCUT2D eigenvalue weighted by Gasteiger charge is 2.25. The van der Waals surface area contributed by atoms with Crippen LogP contribution in [0.5, 0.6) is 0 Å². The molecule has 0 saturated carbocycles. The van der Waals surface area contributed by atoms with E-state index in [0.717, 1.165) is 19.4 Å². The third-order valence-corrected chi connectivity index (χ3v) is 1.97. The van der Waals surface area contributed by atoms with Crippen LogP contribution in [0, 0.1) is 0 Å². The molecule has 1 aliphatic heterocycles. The molecular weight excluding hydrogens is 156 g/mol. The molecule has 0 aromatic carbocycles. The number of ketones is 1. The molecule has 1 amide bonds. The fraction of sp³-hybridized carbons (Fsp3) is 0.500. The molecule has 0 aromatic heterocycles. The maximum Gasteiger partial charge on any atom is 0.251 e. The number of carbonyl (C=O) groups is 2. The molecular formula is C8H12N2O2. The second-order valence-electron chi connectivity index (χ2n) is 2.86. The zero-order valence-electron chi connectivity index (χ0n) is 6.80. The van der Waals surface area contributed by atoms with Gasteiger partial charge in [-0.1, -0.05) is 6.58 Å². The predicted molar refractivity (Wildman–Crippen MR) is 44.4 cm³/mol. The van der Waals surface area contributed by atoms with Gasteiger partial charge in [0.15, 0.2) is 5.78 Å². The van der Waals surface area contributed by atoms with Crippen LogP contribution in [0.15, 0.2) is 12.2 Å². The summed E-state index contributed by atoms with van der Waals surface area (Å²) in [4.78, 5) is 21.9. The van der Waals surface area contributed by atoms with Gasteiger partial charge in [0, 0.05) is 0 Å². The van der Waals surface area contributed by atoms with Crippen LogP contribution in [0.1, 0.15) is 12.8 Å². The molecule has 4 nitrogen and oxygen atoms in total. The lowest BCUT2D eigenvalue weighted by molar-refractivity contribution is -0.121. The van der Waals surface area contributed by atoms with Gasteiger partial charge in [-0.2, -0.15) is 0 Å². The minimum absolute atomic E-state index is 0.102. The van der Waals surface area contributed by atoms with Gasteiger partial charge in [0.2, 0.25) is 0 Å². The first kappa shape index (κ1) is 8.93. The van der Waals surface area contributed by atoms with Crippen molar-refractivity contribution < 1.29 is 9.59 Å². The molecule has 0 unspecified atom stereocenters. The van der Waals surface area contributed by atoms with E-state index in [1.165, 1.54) is 0 Å². The maximum atomic E-state index is 11.3. The van der Waals surface area contributed by atoms with Crippen molar-refractivity contribution in [2.45, 2.75) is 18.9 Å². The van der Waals surface area contributed by atoms with E-state index in [0.29, 0.717) is 0 Å². The highest BCUT2D eigenvalue weighted by atomic mass is 16.2. The van der Waals surface area contributed by atoms with E-state index in [-0.39, 0.29) is 17.4 Å². The fourth-order valence-corrected chi connectivity index (χ4v) is 1.24. The van der Waals surface area contributed by atoms with Crippen LogP contribution in [0.2, 0.25) is 0 Å². The Morgan fingerprint density at radius 1 is 1.50 bits per heavy atom. The highest BCUT2D eigenvalue weighted by molar-refractivity contribution is 6.20. The standard InChI is InChI=1S/C8H12N2O2/c1-5(8(9)12)7(11)6-3-2-4-10-6/h6,10H,1-4H2,(H2,9,12)/t6-/m0/s1. The first-order valence-electron chi connectivity index (χ1n) is 3.89. The molecule has 1 fully saturated rings. The largest absolute Gasteiger partial charge is 0.366 e. The lowest BCUT2D eigenvalue weighted by atomic mass is 10.0. The molecule has 3 N–H and O–H groups in total. The van der Waals surface area contributed by atoms with Crippen LogP contribution in [0.3, 0.4) is 0 Å². The summed E-state index contributed by atoms with van der Waals surface area (Å²) in [5.74, 6) is -0.992. The maximum absolute atomic E-state index is 11.3. The summed E-state index contributed by atoms with van der Waals surface area (Å²) in [7, 11) is 0. The minimum Gasteiger partial charge on any atom is -0.366 e. The van der Waals surface area contributed by atoms with Crippen molar-refractivity contribution in [2.24, 2.45) is 5.73 Å². The molecule has 4 heteroatoms. The first-order valence-corrected chi connectivity index (χ1v) is 3.89. The van der Waals surface area contributed by atoms with E-state index in [4.69, 9.17) is 5.73 Å². The molecule has 66 valence electrons.